The maximum atomic E-state index is 11.2. The van der Waals surface area contributed by atoms with Gasteiger partial charge in [0, 0.05) is 19.2 Å². The van der Waals surface area contributed by atoms with E-state index in [4.69, 9.17) is 5.11 Å². The van der Waals surface area contributed by atoms with Gasteiger partial charge in [-0.05, 0) is 12.3 Å². The molecule has 1 atom stereocenters. The molecule has 0 spiro atoms. The van der Waals surface area contributed by atoms with Crippen molar-refractivity contribution in [2.24, 2.45) is 5.92 Å². The molecule has 0 aromatic rings. The largest absolute Gasteiger partial charge is 0.396 e. The summed E-state index contributed by atoms with van der Waals surface area (Å²) in [5, 5.41) is 14.5. The molecule has 1 amide bonds. The summed E-state index contributed by atoms with van der Waals surface area (Å²) in [5.74, 6) is 0.353. The first-order valence-corrected chi connectivity index (χ1v) is 5.17. The monoisotopic (exact) mass is 202 g/mol. The van der Waals surface area contributed by atoms with E-state index in [1.807, 2.05) is 20.8 Å². The average molecular weight is 202 g/mol. The van der Waals surface area contributed by atoms with Crippen LogP contribution in [0.4, 0.5) is 0 Å². The summed E-state index contributed by atoms with van der Waals surface area (Å²) in [4.78, 5) is 11.2. The number of carbonyl (C=O) groups excluding carboxylic acids is 1. The van der Waals surface area contributed by atoms with Gasteiger partial charge in [0.1, 0.15) is 0 Å². The lowest BCUT2D eigenvalue weighted by molar-refractivity contribution is -0.120. The Hall–Kier alpha value is -0.610. The van der Waals surface area contributed by atoms with Gasteiger partial charge in [-0.1, -0.05) is 20.8 Å². The highest BCUT2D eigenvalue weighted by Gasteiger charge is 2.05. The molecular formula is C10H22N2O2. The first-order chi connectivity index (χ1) is 6.56. The Morgan fingerprint density at radius 1 is 1.36 bits per heavy atom. The average Bonchev–Trinajstić information content (AvgIpc) is 2.12. The second kappa shape index (κ2) is 7.76. The molecule has 0 rings (SSSR count). The zero-order valence-corrected chi connectivity index (χ0v) is 9.34. The van der Waals surface area contributed by atoms with E-state index in [0.29, 0.717) is 25.0 Å². The van der Waals surface area contributed by atoms with Gasteiger partial charge in [-0.25, -0.2) is 0 Å². The lowest BCUT2D eigenvalue weighted by Crippen LogP contribution is -2.38. The number of aliphatic hydroxyl groups excluding tert-OH is 1. The molecule has 0 aliphatic rings. The third-order valence-corrected chi connectivity index (χ3v) is 1.94. The second-order valence-electron chi connectivity index (χ2n) is 3.96. The second-order valence-corrected chi connectivity index (χ2v) is 3.96. The summed E-state index contributed by atoms with van der Waals surface area (Å²) in [6.45, 7) is 7.19. The van der Waals surface area contributed by atoms with Crippen molar-refractivity contribution in [3.05, 3.63) is 0 Å². The Labute approximate surface area is 86.1 Å². The number of hydrogen-bond acceptors (Lipinski definition) is 3. The number of rotatable bonds is 7. The number of nitrogens with one attached hydrogen (secondary N) is 2. The molecule has 84 valence electrons. The fourth-order valence-corrected chi connectivity index (χ4v) is 0.970. The van der Waals surface area contributed by atoms with Crippen molar-refractivity contribution in [2.75, 3.05) is 19.7 Å². The molecular weight excluding hydrogens is 180 g/mol. The summed E-state index contributed by atoms with van der Waals surface area (Å²) in [5.41, 5.74) is 0. The molecule has 0 radical (unpaired) electrons. The molecule has 0 aromatic carbocycles. The molecule has 14 heavy (non-hydrogen) atoms. The maximum absolute atomic E-state index is 11.2. The molecule has 0 aliphatic heterocycles. The summed E-state index contributed by atoms with van der Waals surface area (Å²) >= 11 is 0. The van der Waals surface area contributed by atoms with Crippen LogP contribution in [0.1, 0.15) is 27.2 Å². The maximum Gasteiger partial charge on any atom is 0.233 e. The standard InChI is InChI=1S/C10H22N2O2/c1-8(2)11-7-10(14)12-6-9(3)4-5-13/h8-9,11,13H,4-7H2,1-3H3,(H,12,14). The Morgan fingerprint density at radius 2 is 2.00 bits per heavy atom. The van der Waals surface area contributed by atoms with Crippen LogP contribution < -0.4 is 10.6 Å². The van der Waals surface area contributed by atoms with Gasteiger partial charge in [0.25, 0.3) is 0 Å². The van der Waals surface area contributed by atoms with Crippen molar-refractivity contribution in [1.82, 2.24) is 10.6 Å². The minimum atomic E-state index is 0.0171. The zero-order chi connectivity index (χ0) is 11.0. The first-order valence-electron chi connectivity index (χ1n) is 5.17. The van der Waals surface area contributed by atoms with Crippen LogP contribution in [0, 0.1) is 5.92 Å². The minimum Gasteiger partial charge on any atom is -0.396 e. The molecule has 0 heterocycles. The van der Waals surface area contributed by atoms with Crippen LogP contribution in [-0.4, -0.2) is 36.8 Å². The van der Waals surface area contributed by atoms with Crippen LogP contribution in [0.5, 0.6) is 0 Å². The van der Waals surface area contributed by atoms with E-state index in [9.17, 15) is 4.79 Å². The zero-order valence-electron chi connectivity index (χ0n) is 9.34. The molecule has 0 saturated carbocycles. The van der Waals surface area contributed by atoms with Crippen molar-refractivity contribution < 1.29 is 9.90 Å². The minimum absolute atomic E-state index is 0.0171. The highest BCUT2D eigenvalue weighted by molar-refractivity contribution is 5.77. The number of aliphatic hydroxyl groups is 1. The molecule has 4 nitrogen and oxygen atoms in total. The highest BCUT2D eigenvalue weighted by Crippen LogP contribution is 1.97. The van der Waals surface area contributed by atoms with Crippen molar-refractivity contribution in [1.29, 1.82) is 0 Å². The Bertz CT molecular complexity index is 160. The number of carbonyl (C=O) groups is 1. The predicted molar refractivity (Wildman–Crippen MR) is 57.0 cm³/mol. The van der Waals surface area contributed by atoms with Crippen molar-refractivity contribution in [3.63, 3.8) is 0 Å². The van der Waals surface area contributed by atoms with Crippen molar-refractivity contribution >= 4 is 5.91 Å². The van der Waals surface area contributed by atoms with Crippen molar-refractivity contribution in [3.8, 4) is 0 Å². The summed E-state index contributed by atoms with van der Waals surface area (Å²) in [6.07, 6.45) is 0.734. The molecule has 0 aliphatic carbocycles. The molecule has 0 saturated heterocycles. The third kappa shape index (κ3) is 8.01. The van der Waals surface area contributed by atoms with Crippen LogP contribution in [0.2, 0.25) is 0 Å². The summed E-state index contributed by atoms with van der Waals surface area (Å²) < 4.78 is 0. The molecule has 0 aromatic heterocycles. The van der Waals surface area contributed by atoms with E-state index in [0.717, 1.165) is 6.42 Å². The molecule has 3 N–H and O–H groups in total. The SMILES string of the molecule is CC(CCO)CNC(=O)CNC(C)C. The van der Waals surface area contributed by atoms with Crippen molar-refractivity contribution in [2.45, 2.75) is 33.2 Å². The smallest absolute Gasteiger partial charge is 0.233 e. The fraction of sp³-hybridized carbons (Fsp3) is 0.900. The molecule has 0 fully saturated rings. The van der Waals surface area contributed by atoms with E-state index in [1.165, 1.54) is 0 Å². The molecule has 4 heteroatoms. The van der Waals surface area contributed by atoms with Gasteiger partial charge in [-0.3, -0.25) is 4.79 Å². The van der Waals surface area contributed by atoms with Gasteiger partial charge in [-0.2, -0.15) is 0 Å². The van der Waals surface area contributed by atoms with Gasteiger partial charge in [-0.15, -0.1) is 0 Å². The van der Waals surface area contributed by atoms with Gasteiger partial charge in [0.2, 0.25) is 5.91 Å². The quantitative estimate of drug-likeness (QED) is 0.549. The van der Waals surface area contributed by atoms with E-state index in [1.54, 1.807) is 0 Å². The predicted octanol–water partition coefficient (Wildman–Crippen LogP) is 0.119. The third-order valence-electron chi connectivity index (χ3n) is 1.94. The summed E-state index contributed by atoms with van der Waals surface area (Å²) in [6, 6.07) is 0.329. The molecule has 0 bridgehead atoms. The van der Waals surface area contributed by atoms with E-state index >= 15 is 0 Å². The number of hydrogen-bond donors (Lipinski definition) is 3. The van der Waals surface area contributed by atoms with Crippen LogP contribution >= 0.6 is 0 Å². The topological polar surface area (TPSA) is 61.4 Å². The van der Waals surface area contributed by atoms with Crippen LogP contribution in [0.3, 0.4) is 0 Å². The Morgan fingerprint density at radius 3 is 2.50 bits per heavy atom. The normalized spacial score (nSPS) is 12.9. The Kier molecular flexibility index (Phi) is 7.42. The van der Waals surface area contributed by atoms with E-state index < -0.39 is 0 Å². The van der Waals surface area contributed by atoms with Gasteiger partial charge in [0.05, 0.1) is 6.54 Å². The first kappa shape index (κ1) is 13.4. The van der Waals surface area contributed by atoms with Crippen LogP contribution in [-0.2, 0) is 4.79 Å². The number of amides is 1. The Balaban J connectivity index is 3.43. The fourth-order valence-electron chi connectivity index (χ4n) is 0.970. The van der Waals surface area contributed by atoms with E-state index in [2.05, 4.69) is 10.6 Å². The lowest BCUT2D eigenvalue weighted by Gasteiger charge is -2.12. The van der Waals surface area contributed by atoms with E-state index in [-0.39, 0.29) is 12.5 Å². The van der Waals surface area contributed by atoms with Gasteiger partial charge >= 0.3 is 0 Å². The molecule has 1 unspecified atom stereocenters. The highest BCUT2D eigenvalue weighted by atomic mass is 16.3. The lowest BCUT2D eigenvalue weighted by atomic mass is 10.1. The van der Waals surface area contributed by atoms with Crippen LogP contribution in [0.15, 0.2) is 0 Å². The summed E-state index contributed by atoms with van der Waals surface area (Å²) in [7, 11) is 0. The van der Waals surface area contributed by atoms with Gasteiger partial charge in [0.15, 0.2) is 0 Å². The van der Waals surface area contributed by atoms with Gasteiger partial charge < -0.3 is 15.7 Å². The van der Waals surface area contributed by atoms with Crippen LogP contribution in [0.25, 0.3) is 0 Å².